The Morgan fingerprint density at radius 1 is 1.30 bits per heavy atom. The molecule has 0 radical (unpaired) electrons. The van der Waals surface area contributed by atoms with Crippen molar-refractivity contribution in [1.82, 2.24) is 9.97 Å². The summed E-state index contributed by atoms with van der Waals surface area (Å²) in [6.07, 6.45) is 2.70. The molecule has 1 aliphatic heterocycles. The molecule has 1 aliphatic rings. The van der Waals surface area contributed by atoms with Crippen LogP contribution < -0.4 is 9.47 Å². The number of aromatic nitrogens is 2. The van der Waals surface area contributed by atoms with E-state index in [4.69, 9.17) is 14.7 Å². The molecule has 100 valence electrons. The van der Waals surface area contributed by atoms with Crippen LogP contribution in [0.2, 0.25) is 0 Å². The van der Waals surface area contributed by atoms with Crippen LogP contribution >= 0.6 is 0 Å². The van der Waals surface area contributed by atoms with E-state index in [-0.39, 0.29) is 6.79 Å². The third kappa shape index (κ3) is 2.28. The number of benzene rings is 1. The van der Waals surface area contributed by atoms with Gasteiger partial charge < -0.3 is 9.47 Å². The minimum atomic E-state index is 0.259. The van der Waals surface area contributed by atoms with Crippen LogP contribution in [0, 0.1) is 18.3 Å². The third-order valence-corrected chi connectivity index (χ3v) is 3.16. The highest BCUT2D eigenvalue weighted by atomic mass is 16.7. The summed E-state index contributed by atoms with van der Waals surface area (Å²) in [4.78, 5) is 8.69. The van der Waals surface area contributed by atoms with Crippen LogP contribution in [0.5, 0.6) is 11.5 Å². The molecular formula is C15H13N3O2. The molecule has 0 atom stereocenters. The minimum absolute atomic E-state index is 0.259. The molecule has 0 N–H and O–H groups in total. The number of ether oxygens (including phenoxy) is 2. The molecule has 0 amide bonds. The van der Waals surface area contributed by atoms with E-state index in [1.165, 1.54) is 0 Å². The van der Waals surface area contributed by atoms with Gasteiger partial charge in [0.05, 0.1) is 11.8 Å². The molecule has 0 aliphatic carbocycles. The van der Waals surface area contributed by atoms with Crippen molar-refractivity contribution in [3.63, 3.8) is 0 Å². The highest BCUT2D eigenvalue weighted by molar-refractivity contribution is 5.68. The normalized spacial score (nSPS) is 12.2. The van der Waals surface area contributed by atoms with Crippen molar-refractivity contribution in [3.8, 4) is 28.8 Å². The van der Waals surface area contributed by atoms with Crippen molar-refractivity contribution in [3.05, 3.63) is 35.8 Å². The van der Waals surface area contributed by atoms with Gasteiger partial charge in [-0.1, -0.05) is 0 Å². The van der Waals surface area contributed by atoms with Crippen LogP contribution in [0.3, 0.4) is 0 Å². The van der Waals surface area contributed by atoms with Crippen molar-refractivity contribution >= 4 is 0 Å². The molecule has 0 bridgehead atoms. The highest BCUT2D eigenvalue weighted by Gasteiger charge is 2.17. The average Bonchev–Trinajstić information content (AvgIpc) is 2.91. The first kappa shape index (κ1) is 12.4. The van der Waals surface area contributed by atoms with Crippen LogP contribution in [0.1, 0.15) is 17.8 Å². The first-order valence-corrected chi connectivity index (χ1v) is 6.37. The second-order valence-corrected chi connectivity index (χ2v) is 4.54. The lowest BCUT2D eigenvalue weighted by Crippen LogP contribution is -1.97. The van der Waals surface area contributed by atoms with E-state index in [1.54, 1.807) is 6.20 Å². The van der Waals surface area contributed by atoms with Crippen molar-refractivity contribution in [1.29, 1.82) is 5.26 Å². The van der Waals surface area contributed by atoms with Gasteiger partial charge in [0.15, 0.2) is 11.5 Å². The van der Waals surface area contributed by atoms with E-state index >= 15 is 0 Å². The first-order valence-electron chi connectivity index (χ1n) is 6.37. The van der Waals surface area contributed by atoms with Gasteiger partial charge in [0, 0.05) is 24.6 Å². The fraction of sp³-hybridized carbons (Fsp3) is 0.267. The van der Waals surface area contributed by atoms with Gasteiger partial charge in [-0.2, -0.15) is 5.26 Å². The Morgan fingerprint density at radius 3 is 2.90 bits per heavy atom. The maximum Gasteiger partial charge on any atom is 0.231 e. The van der Waals surface area contributed by atoms with Crippen molar-refractivity contribution in [2.45, 2.75) is 19.8 Å². The zero-order valence-electron chi connectivity index (χ0n) is 11.1. The van der Waals surface area contributed by atoms with Gasteiger partial charge in [0.1, 0.15) is 5.82 Å². The summed E-state index contributed by atoms with van der Waals surface area (Å²) in [5.74, 6) is 2.19. The van der Waals surface area contributed by atoms with Gasteiger partial charge in [-0.25, -0.2) is 9.97 Å². The van der Waals surface area contributed by atoms with E-state index in [0.29, 0.717) is 18.7 Å². The molecule has 0 spiro atoms. The van der Waals surface area contributed by atoms with Gasteiger partial charge in [-0.15, -0.1) is 0 Å². The van der Waals surface area contributed by atoms with Gasteiger partial charge in [0.25, 0.3) is 0 Å². The second-order valence-electron chi connectivity index (χ2n) is 4.54. The summed E-state index contributed by atoms with van der Waals surface area (Å²) in [7, 11) is 0. The minimum Gasteiger partial charge on any atom is -0.454 e. The monoisotopic (exact) mass is 267 g/mol. The van der Waals surface area contributed by atoms with Crippen LogP contribution in [0.25, 0.3) is 11.3 Å². The summed E-state index contributed by atoms with van der Waals surface area (Å²) in [5, 5.41) is 8.63. The summed E-state index contributed by atoms with van der Waals surface area (Å²) in [6.45, 7) is 2.27. The maximum absolute atomic E-state index is 8.63. The number of nitrogens with zero attached hydrogens (tertiary/aromatic N) is 3. The molecule has 20 heavy (non-hydrogen) atoms. The Bertz CT molecular complexity index is 692. The SMILES string of the molecule is Cc1cc2c(cc1-c1ccnc(CCC#N)n1)OCO2. The predicted octanol–water partition coefficient (Wildman–Crippen LogP) is 2.64. The van der Waals surface area contributed by atoms with Crippen molar-refractivity contribution in [2.75, 3.05) is 6.79 Å². The molecule has 2 aromatic rings. The topological polar surface area (TPSA) is 68.0 Å². The van der Waals surface area contributed by atoms with E-state index in [2.05, 4.69) is 16.0 Å². The Morgan fingerprint density at radius 2 is 2.10 bits per heavy atom. The largest absolute Gasteiger partial charge is 0.454 e. The second kappa shape index (κ2) is 5.17. The number of fused-ring (bicyclic) bond motifs is 1. The first-order chi connectivity index (χ1) is 9.78. The lowest BCUT2D eigenvalue weighted by atomic mass is 10.0. The predicted molar refractivity (Wildman–Crippen MR) is 72.3 cm³/mol. The Balaban J connectivity index is 1.99. The summed E-state index contributed by atoms with van der Waals surface area (Å²) < 4.78 is 10.8. The fourth-order valence-electron chi connectivity index (χ4n) is 2.16. The Labute approximate surface area is 116 Å². The van der Waals surface area contributed by atoms with Crippen LogP contribution in [-0.4, -0.2) is 16.8 Å². The van der Waals surface area contributed by atoms with E-state index in [0.717, 1.165) is 28.3 Å². The average molecular weight is 267 g/mol. The summed E-state index contributed by atoms with van der Waals surface area (Å²) in [5.41, 5.74) is 2.90. The number of hydrogen-bond acceptors (Lipinski definition) is 5. The Hall–Kier alpha value is -2.61. The van der Waals surface area contributed by atoms with Gasteiger partial charge in [-0.3, -0.25) is 0 Å². The number of rotatable bonds is 3. The van der Waals surface area contributed by atoms with Crippen molar-refractivity contribution < 1.29 is 9.47 Å². The van der Waals surface area contributed by atoms with E-state index < -0.39 is 0 Å². The molecule has 0 saturated carbocycles. The molecule has 1 aromatic heterocycles. The Kier molecular flexibility index (Phi) is 3.21. The lowest BCUT2D eigenvalue weighted by molar-refractivity contribution is 0.174. The number of aryl methyl sites for hydroxylation is 2. The van der Waals surface area contributed by atoms with Crippen molar-refractivity contribution in [2.24, 2.45) is 0 Å². The quantitative estimate of drug-likeness (QED) is 0.855. The molecule has 0 saturated heterocycles. The van der Waals surface area contributed by atoms with E-state index in [1.807, 2.05) is 25.1 Å². The van der Waals surface area contributed by atoms with Crippen LogP contribution in [-0.2, 0) is 6.42 Å². The highest BCUT2D eigenvalue weighted by Crippen LogP contribution is 2.37. The van der Waals surface area contributed by atoms with Gasteiger partial charge in [0.2, 0.25) is 6.79 Å². The van der Waals surface area contributed by atoms with Gasteiger partial charge in [-0.05, 0) is 30.7 Å². The molecule has 2 heterocycles. The molecule has 0 unspecified atom stereocenters. The fourth-order valence-corrected chi connectivity index (χ4v) is 2.16. The van der Waals surface area contributed by atoms with Crippen LogP contribution in [0.4, 0.5) is 0 Å². The maximum atomic E-state index is 8.63. The molecule has 5 nitrogen and oxygen atoms in total. The van der Waals surface area contributed by atoms with E-state index in [9.17, 15) is 0 Å². The zero-order chi connectivity index (χ0) is 13.9. The zero-order valence-corrected chi connectivity index (χ0v) is 11.1. The smallest absolute Gasteiger partial charge is 0.231 e. The third-order valence-electron chi connectivity index (χ3n) is 3.16. The molecule has 5 heteroatoms. The lowest BCUT2D eigenvalue weighted by Gasteiger charge is -2.08. The summed E-state index contributed by atoms with van der Waals surface area (Å²) in [6, 6.07) is 7.86. The molecular weight excluding hydrogens is 254 g/mol. The standard InChI is InChI=1S/C15H13N3O2/c1-10-7-13-14(20-9-19-13)8-11(10)12-4-6-17-15(18-12)3-2-5-16/h4,6-8H,2-3,9H2,1H3. The molecule has 3 rings (SSSR count). The number of hydrogen-bond donors (Lipinski definition) is 0. The summed E-state index contributed by atoms with van der Waals surface area (Å²) >= 11 is 0. The van der Waals surface area contributed by atoms with Crippen LogP contribution in [0.15, 0.2) is 24.4 Å². The molecule has 0 fully saturated rings. The number of nitriles is 1. The van der Waals surface area contributed by atoms with Gasteiger partial charge >= 0.3 is 0 Å². The molecule has 1 aromatic carbocycles.